The molecule has 2 fully saturated rings. The second kappa shape index (κ2) is 5.51. The minimum absolute atomic E-state index is 0.0156. The molecule has 1 saturated heterocycles. The third kappa shape index (κ3) is 2.45. The minimum Gasteiger partial charge on any atom is -0.377 e. The van der Waals surface area contributed by atoms with E-state index in [9.17, 15) is 9.18 Å². The van der Waals surface area contributed by atoms with Crippen LogP contribution in [0.5, 0.6) is 0 Å². The number of likely N-dealkylation sites (N-methyl/N-ethyl adjacent to an activating group) is 1. The topological polar surface area (TPSA) is 29.5 Å². The van der Waals surface area contributed by atoms with Gasteiger partial charge in [-0.2, -0.15) is 0 Å². The monoisotopic (exact) mass is 303 g/mol. The Morgan fingerprint density at radius 1 is 1.45 bits per heavy atom. The van der Waals surface area contributed by atoms with Gasteiger partial charge in [0, 0.05) is 37.1 Å². The molecule has 1 aliphatic carbocycles. The number of carbonyl (C=O) groups is 1. The lowest BCUT2D eigenvalue weighted by Gasteiger charge is -2.57. The Kier molecular flexibility index (Phi) is 3.81. The molecule has 22 heavy (non-hydrogen) atoms. The first kappa shape index (κ1) is 15.2. The lowest BCUT2D eigenvalue weighted by Crippen LogP contribution is -2.66. The number of halogens is 1. The first-order valence-electron chi connectivity index (χ1n) is 7.73. The molecule has 1 aromatic rings. The number of nitrogens with zero attached hydrogens (tertiary/aromatic N) is 1. The molecule has 1 aliphatic heterocycles. The van der Waals surface area contributed by atoms with Crippen molar-refractivity contribution in [2.45, 2.75) is 32.4 Å². The van der Waals surface area contributed by atoms with Gasteiger partial charge in [-0.05, 0) is 30.2 Å². The first-order valence-corrected chi connectivity index (χ1v) is 7.73. The number of hydrogen-bond donors (Lipinski definition) is 0. The molecule has 0 aromatic heterocycles. The molecule has 3 rings (SSSR count). The Bertz CT molecular complexity index is 611. The molecule has 4 heteroatoms. The van der Waals surface area contributed by atoms with Gasteiger partial charge in [-0.25, -0.2) is 4.39 Å². The highest BCUT2D eigenvalue weighted by molar-refractivity contribution is 5.92. The fraction of sp³-hybridized carbons (Fsp3) is 0.500. The van der Waals surface area contributed by atoms with Gasteiger partial charge in [-0.1, -0.05) is 26.0 Å². The molecule has 2 aliphatic rings. The summed E-state index contributed by atoms with van der Waals surface area (Å²) < 4.78 is 18.9. The lowest BCUT2D eigenvalue weighted by molar-refractivity contribution is -0.163. The Morgan fingerprint density at radius 3 is 2.95 bits per heavy atom. The van der Waals surface area contributed by atoms with Crippen molar-refractivity contribution in [3.63, 3.8) is 0 Å². The lowest BCUT2D eigenvalue weighted by atomic mass is 9.57. The number of rotatable bonds is 3. The van der Waals surface area contributed by atoms with Crippen LogP contribution in [-0.4, -0.2) is 36.6 Å². The van der Waals surface area contributed by atoms with Crippen LogP contribution < -0.4 is 0 Å². The largest absolute Gasteiger partial charge is 0.377 e. The molecular weight excluding hydrogens is 281 g/mol. The van der Waals surface area contributed by atoms with E-state index in [0.717, 1.165) is 13.0 Å². The van der Waals surface area contributed by atoms with Crippen molar-refractivity contribution in [1.82, 2.24) is 4.90 Å². The van der Waals surface area contributed by atoms with Crippen LogP contribution in [0.1, 0.15) is 25.8 Å². The summed E-state index contributed by atoms with van der Waals surface area (Å²) in [7, 11) is 1.85. The maximum absolute atomic E-state index is 13.1. The molecule has 1 amide bonds. The molecule has 0 bridgehead atoms. The van der Waals surface area contributed by atoms with Crippen LogP contribution in [0, 0.1) is 17.2 Å². The van der Waals surface area contributed by atoms with Crippen LogP contribution >= 0.6 is 0 Å². The van der Waals surface area contributed by atoms with Gasteiger partial charge in [-0.3, -0.25) is 4.79 Å². The zero-order chi connectivity index (χ0) is 15.9. The molecule has 118 valence electrons. The normalized spacial score (nSPS) is 29.2. The molecule has 1 saturated carbocycles. The smallest absolute Gasteiger partial charge is 0.246 e. The van der Waals surface area contributed by atoms with Gasteiger partial charge in [0.25, 0.3) is 0 Å². The van der Waals surface area contributed by atoms with E-state index in [1.54, 1.807) is 18.2 Å². The summed E-state index contributed by atoms with van der Waals surface area (Å²) in [5.74, 6) is 0.0910. The summed E-state index contributed by atoms with van der Waals surface area (Å²) in [6, 6.07) is 6.42. The highest BCUT2D eigenvalue weighted by atomic mass is 19.1. The van der Waals surface area contributed by atoms with Crippen molar-refractivity contribution >= 4 is 12.0 Å². The third-order valence-corrected chi connectivity index (χ3v) is 5.07. The summed E-state index contributed by atoms with van der Waals surface area (Å²) in [4.78, 5) is 14.2. The average molecular weight is 303 g/mol. The van der Waals surface area contributed by atoms with Crippen LogP contribution in [0.4, 0.5) is 4.39 Å². The predicted molar refractivity (Wildman–Crippen MR) is 83.6 cm³/mol. The zero-order valence-electron chi connectivity index (χ0n) is 13.3. The zero-order valence-corrected chi connectivity index (χ0v) is 13.3. The molecule has 1 heterocycles. The van der Waals surface area contributed by atoms with E-state index >= 15 is 0 Å². The van der Waals surface area contributed by atoms with Crippen LogP contribution in [0.25, 0.3) is 6.08 Å². The van der Waals surface area contributed by atoms with Gasteiger partial charge in [0.1, 0.15) is 5.82 Å². The maximum Gasteiger partial charge on any atom is 0.246 e. The van der Waals surface area contributed by atoms with Crippen LogP contribution in [0.3, 0.4) is 0 Å². The number of fused-ring (bicyclic) bond motifs is 1. The fourth-order valence-electron chi connectivity index (χ4n) is 4.12. The molecule has 0 N–H and O–H groups in total. The van der Waals surface area contributed by atoms with E-state index in [1.165, 1.54) is 18.2 Å². The summed E-state index contributed by atoms with van der Waals surface area (Å²) in [5.41, 5.74) is 0.676. The summed E-state index contributed by atoms with van der Waals surface area (Å²) in [5, 5.41) is 0. The quantitative estimate of drug-likeness (QED) is 0.803. The Balaban J connectivity index is 1.70. The van der Waals surface area contributed by atoms with E-state index < -0.39 is 0 Å². The standard InChI is InChI=1S/C18H22FNO2/c1-18(2)16(14-9-10-22-17(14)18)20(3)15(21)8-7-12-5-4-6-13(19)11-12/h4-8,11,14,16-17H,9-10H2,1-3H3/b8-7+/t14-,16+,17+/m0/s1. The molecule has 3 atom stereocenters. The van der Waals surface area contributed by atoms with Crippen molar-refractivity contribution in [1.29, 1.82) is 0 Å². The number of hydrogen-bond acceptors (Lipinski definition) is 2. The molecule has 1 aromatic carbocycles. The van der Waals surface area contributed by atoms with E-state index in [2.05, 4.69) is 13.8 Å². The summed E-state index contributed by atoms with van der Waals surface area (Å²) >= 11 is 0. The average Bonchev–Trinajstić information content (AvgIpc) is 2.91. The van der Waals surface area contributed by atoms with E-state index in [1.807, 2.05) is 11.9 Å². The van der Waals surface area contributed by atoms with Crippen LogP contribution in [-0.2, 0) is 9.53 Å². The second-order valence-corrected chi connectivity index (χ2v) is 6.85. The first-order chi connectivity index (χ1) is 10.4. The van der Waals surface area contributed by atoms with Crippen molar-refractivity contribution < 1.29 is 13.9 Å². The van der Waals surface area contributed by atoms with Gasteiger partial charge in [0.15, 0.2) is 0 Å². The molecular formula is C18H22FNO2. The van der Waals surface area contributed by atoms with Gasteiger partial charge < -0.3 is 9.64 Å². The van der Waals surface area contributed by atoms with E-state index in [0.29, 0.717) is 11.5 Å². The summed E-state index contributed by atoms with van der Waals surface area (Å²) in [6.07, 6.45) is 4.47. The fourth-order valence-corrected chi connectivity index (χ4v) is 4.12. The van der Waals surface area contributed by atoms with Gasteiger partial charge in [0.05, 0.1) is 6.10 Å². The SMILES string of the molecule is CN(C(=O)/C=C/c1cccc(F)c1)[C@@H]1[C@@H]2CCO[C@H]2C1(C)C. The van der Waals surface area contributed by atoms with E-state index in [-0.39, 0.29) is 29.3 Å². The van der Waals surface area contributed by atoms with Crippen molar-refractivity contribution in [3.8, 4) is 0 Å². The van der Waals surface area contributed by atoms with E-state index in [4.69, 9.17) is 4.74 Å². The van der Waals surface area contributed by atoms with Gasteiger partial charge >= 0.3 is 0 Å². The minimum atomic E-state index is -0.297. The molecule has 0 spiro atoms. The number of amides is 1. The number of benzene rings is 1. The predicted octanol–water partition coefficient (Wildman–Crippen LogP) is 3.11. The van der Waals surface area contributed by atoms with Crippen LogP contribution in [0.15, 0.2) is 30.3 Å². The Hall–Kier alpha value is -1.68. The Morgan fingerprint density at radius 2 is 2.23 bits per heavy atom. The van der Waals surface area contributed by atoms with Crippen molar-refractivity contribution in [2.75, 3.05) is 13.7 Å². The summed E-state index contributed by atoms with van der Waals surface area (Å²) in [6.45, 7) is 5.10. The number of carbonyl (C=O) groups excluding carboxylic acids is 1. The van der Waals surface area contributed by atoms with Crippen molar-refractivity contribution in [2.24, 2.45) is 11.3 Å². The maximum atomic E-state index is 13.1. The van der Waals surface area contributed by atoms with Crippen LogP contribution in [0.2, 0.25) is 0 Å². The van der Waals surface area contributed by atoms with Crippen molar-refractivity contribution in [3.05, 3.63) is 41.7 Å². The Labute approximate surface area is 130 Å². The molecule has 0 radical (unpaired) electrons. The van der Waals surface area contributed by atoms with Gasteiger partial charge in [0.2, 0.25) is 5.91 Å². The molecule has 0 unspecified atom stereocenters. The third-order valence-electron chi connectivity index (χ3n) is 5.07. The highest BCUT2D eigenvalue weighted by Crippen LogP contribution is 2.54. The van der Waals surface area contributed by atoms with Gasteiger partial charge in [-0.15, -0.1) is 0 Å². The second-order valence-electron chi connectivity index (χ2n) is 6.85. The number of ether oxygens (including phenoxy) is 1. The molecule has 3 nitrogen and oxygen atoms in total. The highest BCUT2D eigenvalue weighted by Gasteiger charge is 2.61.